The molecule has 0 spiro atoms. The Kier molecular flexibility index (Phi) is 6.06. The minimum Gasteiger partial charge on any atom is -0.352 e. The fraction of sp³-hybridized carbons (Fsp3) is 0.467. The van der Waals surface area contributed by atoms with Crippen molar-refractivity contribution in [1.29, 1.82) is 0 Å². The third-order valence-corrected chi connectivity index (χ3v) is 2.56. The van der Waals surface area contributed by atoms with Crippen molar-refractivity contribution >= 4 is 17.5 Å². The van der Waals surface area contributed by atoms with Gasteiger partial charge in [-0.3, -0.25) is 9.59 Å². The molecule has 0 aromatic heterocycles. The quantitative estimate of drug-likeness (QED) is 0.828. The number of anilines is 1. The molecule has 0 aliphatic heterocycles. The molecule has 104 valence electrons. The summed E-state index contributed by atoms with van der Waals surface area (Å²) in [5.41, 5.74) is 1.33. The SMILES string of the molecule is CCCNC(=O)c1ccc(NC(=O)CC(C)C)cc1. The van der Waals surface area contributed by atoms with Crippen molar-refractivity contribution in [2.45, 2.75) is 33.6 Å². The number of rotatable bonds is 6. The van der Waals surface area contributed by atoms with Crippen LogP contribution in [0, 0.1) is 5.92 Å². The predicted octanol–water partition coefficient (Wildman–Crippen LogP) is 2.81. The summed E-state index contributed by atoms with van der Waals surface area (Å²) >= 11 is 0. The van der Waals surface area contributed by atoms with Gasteiger partial charge in [0.05, 0.1) is 0 Å². The second kappa shape index (κ2) is 7.56. The van der Waals surface area contributed by atoms with Gasteiger partial charge in [-0.15, -0.1) is 0 Å². The number of amides is 2. The van der Waals surface area contributed by atoms with E-state index in [4.69, 9.17) is 0 Å². The highest BCUT2D eigenvalue weighted by Crippen LogP contribution is 2.11. The van der Waals surface area contributed by atoms with Crippen LogP contribution in [0.2, 0.25) is 0 Å². The van der Waals surface area contributed by atoms with Crippen molar-refractivity contribution in [3.8, 4) is 0 Å². The number of benzene rings is 1. The Morgan fingerprint density at radius 2 is 1.79 bits per heavy atom. The van der Waals surface area contributed by atoms with Crippen molar-refractivity contribution in [3.05, 3.63) is 29.8 Å². The van der Waals surface area contributed by atoms with Gasteiger partial charge in [0.25, 0.3) is 5.91 Å². The highest BCUT2D eigenvalue weighted by Gasteiger charge is 2.07. The first-order chi connectivity index (χ1) is 9.02. The first-order valence-corrected chi connectivity index (χ1v) is 6.71. The molecule has 0 saturated carbocycles. The van der Waals surface area contributed by atoms with Crippen molar-refractivity contribution in [2.24, 2.45) is 5.92 Å². The summed E-state index contributed by atoms with van der Waals surface area (Å²) in [7, 11) is 0. The van der Waals surface area contributed by atoms with Gasteiger partial charge in [0, 0.05) is 24.2 Å². The Labute approximate surface area is 114 Å². The lowest BCUT2D eigenvalue weighted by Crippen LogP contribution is -2.23. The lowest BCUT2D eigenvalue weighted by molar-refractivity contribution is -0.116. The summed E-state index contributed by atoms with van der Waals surface area (Å²) in [6, 6.07) is 6.93. The average molecular weight is 262 g/mol. The molecule has 0 aliphatic rings. The minimum absolute atomic E-state index is 0.00168. The van der Waals surface area contributed by atoms with Gasteiger partial charge in [-0.05, 0) is 36.6 Å². The van der Waals surface area contributed by atoms with Crippen molar-refractivity contribution < 1.29 is 9.59 Å². The zero-order valence-electron chi connectivity index (χ0n) is 11.8. The first kappa shape index (κ1) is 15.2. The molecule has 4 heteroatoms. The van der Waals surface area contributed by atoms with Gasteiger partial charge in [-0.1, -0.05) is 20.8 Å². The van der Waals surface area contributed by atoms with E-state index in [0.29, 0.717) is 24.4 Å². The average Bonchev–Trinajstić information content (AvgIpc) is 2.35. The van der Waals surface area contributed by atoms with E-state index in [1.165, 1.54) is 0 Å². The van der Waals surface area contributed by atoms with Crippen molar-refractivity contribution in [2.75, 3.05) is 11.9 Å². The van der Waals surface area contributed by atoms with Crippen molar-refractivity contribution in [3.63, 3.8) is 0 Å². The topological polar surface area (TPSA) is 58.2 Å². The summed E-state index contributed by atoms with van der Waals surface area (Å²) in [5, 5.41) is 5.62. The molecule has 1 rings (SSSR count). The number of hydrogen-bond donors (Lipinski definition) is 2. The lowest BCUT2D eigenvalue weighted by atomic mass is 10.1. The Morgan fingerprint density at radius 1 is 1.16 bits per heavy atom. The van der Waals surface area contributed by atoms with E-state index in [1.807, 2.05) is 20.8 Å². The maximum atomic E-state index is 11.7. The van der Waals surface area contributed by atoms with E-state index < -0.39 is 0 Å². The number of nitrogens with one attached hydrogen (secondary N) is 2. The van der Waals surface area contributed by atoms with Crippen LogP contribution in [0.25, 0.3) is 0 Å². The molecule has 0 aliphatic carbocycles. The Morgan fingerprint density at radius 3 is 2.32 bits per heavy atom. The van der Waals surface area contributed by atoms with Gasteiger partial charge in [0.2, 0.25) is 5.91 Å². The molecule has 1 aromatic rings. The summed E-state index contributed by atoms with van der Waals surface area (Å²) in [4.78, 5) is 23.3. The molecule has 0 radical (unpaired) electrons. The van der Waals surface area contributed by atoms with E-state index in [1.54, 1.807) is 24.3 Å². The van der Waals surface area contributed by atoms with Crippen LogP contribution in [0.15, 0.2) is 24.3 Å². The zero-order chi connectivity index (χ0) is 14.3. The van der Waals surface area contributed by atoms with Crippen LogP contribution < -0.4 is 10.6 Å². The Bertz CT molecular complexity index is 424. The third-order valence-electron chi connectivity index (χ3n) is 2.56. The fourth-order valence-electron chi connectivity index (χ4n) is 1.63. The standard InChI is InChI=1S/C15H22N2O2/c1-4-9-16-15(19)12-5-7-13(8-6-12)17-14(18)10-11(2)3/h5-8,11H,4,9-10H2,1-3H3,(H,16,19)(H,17,18). The maximum Gasteiger partial charge on any atom is 0.251 e. The van der Waals surface area contributed by atoms with Gasteiger partial charge in [0.15, 0.2) is 0 Å². The molecule has 0 atom stereocenters. The molecular weight excluding hydrogens is 240 g/mol. The third kappa shape index (κ3) is 5.55. The summed E-state index contributed by atoms with van der Waals surface area (Å²) in [6.07, 6.45) is 1.41. The Hall–Kier alpha value is -1.84. The van der Waals surface area contributed by atoms with Crippen LogP contribution in [0.3, 0.4) is 0 Å². The monoisotopic (exact) mass is 262 g/mol. The van der Waals surface area contributed by atoms with E-state index >= 15 is 0 Å². The van der Waals surface area contributed by atoms with Gasteiger partial charge in [-0.2, -0.15) is 0 Å². The molecule has 19 heavy (non-hydrogen) atoms. The first-order valence-electron chi connectivity index (χ1n) is 6.71. The Balaban J connectivity index is 2.56. The summed E-state index contributed by atoms with van der Waals surface area (Å²) in [5.74, 6) is 0.249. The van der Waals surface area contributed by atoms with Crippen LogP contribution in [-0.4, -0.2) is 18.4 Å². The van der Waals surface area contributed by atoms with Crippen LogP contribution in [0.5, 0.6) is 0 Å². The molecule has 0 fully saturated rings. The normalized spacial score (nSPS) is 10.3. The van der Waals surface area contributed by atoms with Gasteiger partial charge in [0.1, 0.15) is 0 Å². The molecular formula is C15H22N2O2. The number of carbonyl (C=O) groups is 2. The van der Waals surface area contributed by atoms with E-state index in [2.05, 4.69) is 10.6 Å². The zero-order valence-corrected chi connectivity index (χ0v) is 11.8. The summed E-state index contributed by atoms with van der Waals surface area (Å²) < 4.78 is 0. The largest absolute Gasteiger partial charge is 0.352 e. The number of carbonyl (C=O) groups excluding carboxylic acids is 2. The van der Waals surface area contributed by atoms with E-state index in [9.17, 15) is 9.59 Å². The molecule has 0 bridgehead atoms. The van der Waals surface area contributed by atoms with Crippen LogP contribution >= 0.6 is 0 Å². The summed E-state index contributed by atoms with van der Waals surface area (Å²) in [6.45, 7) is 6.68. The highest BCUT2D eigenvalue weighted by atomic mass is 16.2. The minimum atomic E-state index is -0.0816. The molecule has 2 amide bonds. The molecule has 1 aromatic carbocycles. The van der Waals surface area contributed by atoms with E-state index in [-0.39, 0.29) is 11.8 Å². The van der Waals surface area contributed by atoms with Crippen LogP contribution in [0.1, 0.15) is 44.0 Å². The highest BCUT2D eigenvalue weighted by molar-refractivity contribution is 5.95. The van der Waals surface area contributed by atoms with E-state index in [0.717, 1.165) is 12.1 Å². The molecule has 0 heterocycles. The maximum absolute atomic E-state index is 11.7. The van der Waals surface area contributed by atoms with Crippen LogP contribution in [0.4, 0.5) is 5.69 Å². The molecule has 4 nitrogen and oxygen atoms in total. The molecule has 0 saturated heterocycles. The van der Waals surface area contributed by atoms with Crippen LogP contribution in [-0.2, 0) is 4.79 Å². The fourth-order valence-corrected chi connectivity index (χ4v) is 1.63. The van der Waals surface area contributed by atoms with Gasteiger partial charge >= 0.3 is 0 Å². The second-order valence-electron chi connectivity index (χ2n) is 4.98. The second-order valence-corrected chi connectivity index (χ2v) is 4.98. The molecule has 0 unspecified atom stereocenters. The number of hydrogen-bond acceptors (Lipinski definition) is 2. The predicted molar refractivity (Wildman–Crippen MR) is 77.2 cm³/mol. The smallest absolute Gasteiger partial charge is 0.251 e. The van der Waals surface area contributed by atoms with Crippen molar-refractivity contribution in [1.82, 2.24) is 5.32 Å². The van der Waals surface area contributed by atoms with Gasteiger partial charge < -0.3 is 10.6 Å². The lowest BCUT2D eigenvalue weighted by Gasteiger charge is -2.08. The van der Waals surface area contributed by atoms with Gasteiger partial charge in [-0.25, -0.2) is 0 Å². The molecule has 2 N–H and O–H groups in total.